The number of nitrogens with two attached hydrogens (primary N) is 1. The van der Waals surface area contributed by atoms with Gasteiger partial charge in [-0.25, -0.2) is 10.8 Å². The molecule has 96 valence electrons. The number of thiazole rings is 1. The van der Waals surface area contributed by atoms with Gasteiger partial charge < -0.3 is 0 Å². The molecule has 0 spiro atoms. The first kappa shape index (κ1) is 14.1. The van der Waals surface area contributed by atoms with Gasteiger partial charge in [0.25, 0.3) is 0 Å². The van der Waals surface area contributed by atoms with E-state index < -0.39 is 0 Å². The molecule has 17 heavy (non-hydrogen) atoms. The fourth-order valence-corrected chi connectivity index (χ4v) is 2.13. The van der Waals surface area contributed by atoms with Gasteiger partial charge in [0.05, 0.1) is 10.7 Å². The van der Waals surface area contributed by atoms with Crippen molar-refractivity contribution in [2.24, 2.45) is 5.84 Å². The van der Waals surface area contributed by atoms with Gasteiger partial charge in [0.15, 0.2) is 0 Å². The number of nitrogens with one attached hydrogen (secondary N) is 1. The molecule has 5 nitrogen and oxygen atoms in total. The van der Waals surface area contributed by atoms with Crippen molar-refractivity contribution in [2.75, 3.05) is 7.05 Å². The average molecular weight is 256 g/mol. The van der Waals surface area contributed by atoms with E-state index in [0.717, 1.165) is 23.7 Å². The van der Waals surface area contributed by atoms with Crippen molar-refractivity contribution in [3.05, 3.63) is 16.1 Å². The van der Waals surface area contributed by atoms with E-state index in [1.165, 1.54) is 0 Å². The van der Waals surface area contributed by atoms with Crippen LogP contribution in [0.1, 0.15) is 30.5 Å². The van der Waals surface area contributed by atoms with Crippen LogP contribution >= 0.6 is 11.3 Å². The summed E-state index contributed by atoms with van der Waals surface area (Å²) in [6, 6.07) is 0.328. The van der Waals surface area contributed by atoms with Gasteiger partial charge in [0, 0.05) is 24.4 Å². The summed E-state index contributed by atoms with van der Waals surface area (Å²) >= 11 is 1.66. The predicted molar refractivity (Wildman–Crippen MR) is 69.3 cm³/mol. The topological polar surface area (TPSA) is 71.2 Å². The third-order valence-electron chi connectivity index (χ3n) is 2.78. The molecular weight excluding hydrogens is 236 g/mol. The molecule has 0 radical (unpaired) electrons. The standard InChI is InChI=1S/C11H20N4OS/c1-8(4-5-11(16)14-12)15(3)6-10-7-17-9(2)13-10/h7-8H,4-6,12H2,1-3H3,(H,14,16). The Morgan fingerprint density at radius 1 is 1.71 bits per heavy atom. The molecule has 0 aliphatic carbocycles. The number of carbonyl (C=O) groups excluding carboxylic acids is 1. The van der Waals surface area contributed by atoms with Crippen LogP contribution in [0.15, 0.2) is 5.38 Å². The van der Waals surface area contributed by atoms with Crippen LogP contribution in [0.3, 0.4) is 0 Å². The average Bonchev–Trinajstić information content (AvgIpc) is 2.70. The number of rotatable bonds is 6. The van der Waals surface area contributed by atoms with Gasteiger partial charge in [-0.05, 0) is 27.3 Å². The normalized spacial score (nSPS) is 12.8. The van der Waals surface area contributed by atoms with Crippen molar-refractivity contribution in [2.45, 2.75) is 39.3 Å². The first-order chi connectivity index (χ1) is 8.02. The predicted octanol–water partition coefficient (Wildman–Crippen LogP) is 1.04. The number of hydrazine groups is 1. The van der Waals surface area contributed by atoms with Crippen molar-refractivity contribution in [1.82, 2.24) is 15.3 Å². The Labute approximate surface area is 106 Å². The highest BCUT2D eigenvalue weighted by atomic mass is 32.1. The Morgan fingerprint density at radius 2 is 2.41 bits per heavy atom. The summed E-state index contributed by atoms with van der Waals surface area (Å²) in [6.45, 7) is 4.92. The fraction of sp³-hybridized carbons (Fsp3) is 0.636. The molecule has 0 fully saturated rings. The minimum absolute atomic E-state index is 0.116. The van der Waals surface area contributed by atoms with Crippen LogP contribution in [-0.4, -0.2) is 28.9 Å². The molecule has 0 aliphatic rings. The van der Waals surface area contributed by atoms with Crippen LogP contribution in [-0.2, 0) is 11.3 Å². The van der Waals surface area contributed by atoms with Gasteiger partial charge >= 0.3 is 0 Å². The molecule has 6 heteroatoms. The van der Waals surface area contributed by atoms with E-state index in [2.05, 4.69) is 27.6 Å². The van der Waals surface area contributed by atoms with E-state index >= 15 is 0 Å². The number of carbonyl (C=O) groups is 1. The zero-order valence-corrected chi connectivity index (χ0v) is 11.4. The molecule has 0 aliphatic heterocycles. The van der Waals surface area contributed by atoms with E-state index in [4.69, 9.17) is 5.84 Å². The molecular formula is C11H20N4OS. The minimum Gasteiger partial charge on any atom is -0.298 e. The quantitative estimate of drug-likeness (QED) is 0.453. The molecule has 0 bridgehead atoms. The zero-order valence-electron chi connectivity index (χ0n) is 10.6. The number of hydrogen-bond donors (Lipinski definition) is 2. The van der Waals surface area contributed by atoms with Gasteiger partial charge in [0.2, 0.25) is 5.91 Å². The maximum absolute atomic E-state index is 11.0. The van der Waals surface area contributed by atoms with Crippen molar-refractivity contribution >= 4 is 17.2 Å². The van der Waals surface area contributed by atoms with E-state index in [0.29, 0.717) is 12.5 Å². The third-order valence-corrected chi connectivity index (χ3v) is 3.60. The molecule has 1 atom stereocenters. The molecule has 3 N–H and O–H groups in total. The second-order valence-corrected chi connectivity index (χ2v) is 5.29. The molecule has 0 saturated heterocycles. The van der Waals surface area contributed by atoms with Crippen molar-refractivity contribution in [3.8, 4) is 0 Å². The maximum Gasteiger partial charge on any atom is 0.233 e. The van der Waals surface area contributed by atoms with Gasteiger partial charge in [-0.1, -0.05) is 0 Å². The molecule has 1 amide bonds. The summed E-state index contributed by atoms with van der Waals surface area (Å²) in [4.78, 5) is 17.6. The van der Waals surface area contributed by atoms with Gasteiger partial charge in [-0.2, -0.15) is 0 Å². The largest absolute Gasteiger partial charge is 0.298 e. The number of aryl methyl sites for hydroxylation is 1. The fourth-order valence-electron chi connectivity index (χ4n) is 1.52. The van der Waals surface area contributed by atoms with Gasteiger partial charge in [0.1, 0.15) is 0 Å². The highest BCUT2D eigenvalue weighted by Crippen LogP contribution is 2.12. The van der Waals surface area contributed by atoms with Crippen LogP contribution < -0.4 is 11.3 Å². The molecule has 1 unspecified atom stereocenters. The highest BCUT2D eigenvalue weighted by molar-refractivity contribution is 7.09. The Balaban J connectivity index is 2.36. The number of hydrogen-bond acceptors (Lipinski definition) is 5. The number of amides is 1. The van der Waals surface area contributed by atoms with E-state index in [9.17, 15) is 4.79 Å². The van der Waals surface area contributed by atoms with Crippen LogP contribution in [0.4, 0.5) is 0 Å². The summed E-state index contributed by atoms with van der Waals surface area (Å²) in [5, 5.41) is 3.16. The van der Waals surface area contributed by atoms with Gasteiger partial charge in [-0.3, -0.25) is 15.1 Å². The zero-order chi connectivity index (χ0) is 12.8. The van der Waals surface area contributed by atoms with Crippen LogP contribution in [0, 0.1) is 6.92 Å². The smallest absolute Gasteiger partial charge is 0.233 e. The van der Waals surface area contributed by atoms with Crippen LogP contribution in [0.2, 0.25) is 0 Å². The molecule has 1 aromatic heterocycles. The second-order valence-electron chi connectivity index (χ2n) is 4.23. The number of aromatic nitrogens is 1. The molecule has 1 aromatic rings. The summed E-state index contributed by atoms with van der Waals surface area (Å²) in [5.41, 5.74) is 3.23. The van der Waals surface area contributed by atoms with Crippen molar-refractivity contribution < 1.29 is 4.79 Å². The Kier molecular flexibility index (Phi) is 5.54. The van der Waals surface area contributed by atoms with Crippen LogP contribution in [0.25, 0.3) is 0 Å². The SMILES string of the molecule is Cc1nc(CN(C)C(C)CCC(=O)NN)cs1. The molecule has 0 saturated carbocycles. The van der Waals surface area contributed by atoms with Crippen molar-refractivity contribution in [3.63, 3.8) is 0 Å². The summed E-state index contributed by atoms with van der Waals surface area (Å²) in [6.07, 6.45) is 1.25. The lowest BCUT2D eigenvalue weighted by Crippen LogP contribution is -2.33. The second kappa shape index (κ2) is 6.68. The summed E-state index contributed by atoms with van der Waals surface area (Å²) < 4.78 is 0. The lowest BCUT2D eigenvalue weighted by atomic mass is 10.1. The summed E-state index contributed by atoms with van der Waals surface area (Å²) in [7, 11) is 2.04. The Morgan fingerprint density at radius 3 is 2.94 bits per heavy atom. The maximum atomic E-state index is 11.0. The van der Waals surface area contributed by atoms with Gasteiger partial charge in [-0.15, -0.1) is 11.3 Å². The molecule has 0 aromatic carbocycles. The third kappa shape index (κ3) is 4.80. The summed E-state index contributed by atoms with van der Waals surface area (Å²) in [5.74, 6) is 4.92. The van der Waals surface area contributed by atoms with E-state index in [-0.39, 0.29) is 5.91 Å². The number of nitrogens with zero attached hydrogens (tertiary/aromatic N) is 2. The van der Waals surface area contributed by atoms with E-state index in [1.54, 1.807) is 11.3 Å². The Hall–Kier alpha value is -0.980. The lowest BCUT2D eigenvalue weighted by Gasteiger charge is -2.23. The minimum atomic E-state index is -0.116. The Bertz CT molecular complexity index is 366. The lowest BCUT2D eigenvalue weighted by molar-refractivity contribution is -0.121. The monoisotopic (exact) mass is 256 g/mol. The first-order valence-corrected chi connectivity index (χ1v) is 6.51. The van der Waals surface area contributed by atoms with Crippen molar-refractivity contribution in [1.29, 1.82) is 0 Å². The molecule has 1 rings (SSSR count). The first-order valence-electron chi connectivity index (χ1n) is 5.63. The molecule has 1 heterocycles. The van der Waals surface area contributed by atoms with E-state index in [1.807, 2.05) is 14.0 Å². The van der Waals surface area contributed by atoms with Crippen LogP contribution in [0.5, 0.6) is 0 Å². The highest BCUT2D eigenvalue weighted by Gasteiger charge is 2.12.